The molecular formula is C15H18ClF5N2O2. The molecule has 0 bridgehead atoms. The van der Waals surface area contributed by atoms with Crippen LogP contribution >= 0.6 is 12.4 Å². The molecule has 142 valence electrons. The average molecular weight is 389 g/mol. The van der Waals surface area contributed by atoms with Crippen LogP contribution in [0.3, 0.4) is 0 Å². The Morgan fingerprint density at radius 3 is 2.40 bits per heavy atom. The van der Waals surface area contributed by atoms with E-state index in [1.807, 2.05) is 4.90 Å². The molecule has 0 amide bonds. The maximum absolute atomic E-state index is 13.1. The monoisotopic (exact) mass is 388 g/mol. The third-order valence-electron chi connectivity index (χ3n) is 4.10. The Balaban J connectivity index is 0.00000225. The lowest BCUT2D eigenvalue weighted by Gasteiger charge is -2.35. The number of nitrogens with zero attached hydrogens (tertiary/aromatic N) is 1. The fourth-order valence-electron chi connectivity index (χ4n) is 3.03. The SMILES string of the molecule is Cl.FC(F)(F)CC[C@@H](c1ccc2c(c1)OC(F)(F)O2)N1CCNCC1. The number of alkyl halides is 5. The zero-order valence-electron chi connectivity index (χ0n) is 13.1. The van der Waals surface area contributed by atoms with Gasteiger partial charge in [-0.2, -0.15) is 13.2 Å². The van der Waals surface area contributed by atoms with E-state index in [-0.39, 0.29) is 30.3 Å². The van der Waals surface area contributed by atoms with Crippen molar-refractivity contribution in [2.24, 2.45) is 0 Å². The van der Waals surface area contributed by atoms with Crippen molar-refractivity contribution < 1.29 is 31.4 Å². The lowest BCUT2D eigenvalue weighted by atomic mass is 9.98. The molecule has 1 atom stereocenters. The molecule has 0 spiro atoms. The van der Waals surface area contributed by atoms with Crippen LogP contribution in [0.4, 0.5) is 22.0 Å². The zero-order valence-corrected chi connectivity index (χ0v) is 13.9. The van der Waals surface area contributed by atoms with Crippen molar-refractivity contribution in [3.8, 4) is 11.5 Å². The van der Waals surface area contributed by atoms with E-state index in [0.29, 0.717) is 31.7 Å². The van der Waals surface area contributed by atoms with Crippen LogP contribution in [0, 0.1) is 0 Å². The van der Waals surface area contributed by atoms with Crippen molar-refractivity contribution in [2.75, 3.05) is 26.2 Å². The molecule has 10 heteroatoms. The quantitative estimate of drug-likeness (QED) is 0.797. The van der Waals surface area contributed by atoms with Crippen molar-refractivity contribution >= 4 is 12.4 Å². The standard InChI is InChI=1S/C15H17F5N2O2.ClH/c16-14(17,18)4-3-11(22-7-5-21-6-8-22)10-1-2-12-13(9-10)24-15(19,20)23-12;/h1-2,9,11,21H,3-8H2;1H/t11-;/m0./s1. The van der Waals surface area contributed by atoms with E-state index in [9.17, 15) is 22.0 Å². The molecule has 1 N–H and O–H groups in total. The minimum absolute atomic E-state index is 0. The van der Waals surface area contributed by atoms with Gasteiger partial charge in [0, 0.05) is 38.6 Å². The highest BCUT2D eigenvalue weighted by molar-refractivity contribution is 5.85. The van der Waals surface area contributed by atoms with Crippen LogP contribution in [0.1, 0.15) is 24.4 Å². The number of piperazine rings is 1. The van der Waals surface area contributed by atoms with Crippen LogP contribution in [0.25, 0.3) is 0 Å². The van der Waals surface area contributed by atoms with Crippen molar-refractivity contribution in [2.45, 2.75) is 31.4 Å². The second kappa shape index (κ2) is 7.51. The normalized spacial score (nSPS) is 20.8. The molecule has 2 aliphatic heterocycles. The Morgan fingerprint density at radius 1 is 1.12 bits per heavy atom. The molecule has 1 aromatic carbocycles. The number of hydrogen-bond donors (Lipinski definition) is 1. The smallest absolute Gasteiger partial charge is 0.395 e. The Labute approximate surface area is 147 Å². The topological polar surface area (TPSA) is 33.7 Å². The summed E-state index contributed by atoms with van der Waals surface area (Å²) in [6.07, 6.45) is -9.08. The van der Waals surface area contributed by atoms with Crippen molar-refractivity contribution in [3.63, 3.8) is 0 Å². The van der Waals surface area contributed by atoms with Gasteiger partial charge in [0.05, 0.1) is 0 Å². The lowest BCUT2D eigenvalue weighted by Crippen LogP contribution is -2.45. The van der Waals surface area contributed by atoms with Gasteiger partial charge in [0.15, 0.2) is 11.5 Å². The third-order valence-corrected chi connectivity index (χ3v) is 4.10. The largest absolute Gasteiger partial charge is 0.586 e. The van der Waals surface area contributed by atoms with Gasteiger partial charge in [0.2, 0.25) is 0 Å². The van der Waals surface area contributed by atoms with Gasteiger partial charge < -0.3 is 14.8 Å². The number of rotatable bonds is 4. The number of fused-ring (bicyclic) bond motifs is 1. The highest BCUT2D eigenvalue weighted by Gasteiger charge is 2.43. The van der Waals surface area contributed by atoms with E-state index >= 15 is 0 Å². The molecule has 2 heterocycles. The van der Waals surface area contributed by atoms with Gasteiger partial charge in [-0.25, -0.2) is 0 Å². The Morgan fingerprint density at radius 2 is 1.76 bits per heavy atom. The molecule has 25 heavy (non-hydrogen) atoms. The van der Waals surface area contributed by atoms with Crippen molar-refractivity contribution in [1.29, 1.82) is 0 Å². The molecule has 2 aliphatic rings. The molecule has 1 fully saturated rings. The molecule has 0 saturated carbocycles. The molecule has 0 aliphatic carbocycles. The van der Waals surface area contributed by atoms with Crippen molar-refractivity contribution in [1.82, 2.24) is 10.2 Å². The third kappa shape index (κ3) is 5.08. The summed E-state index contributed by atoms with van der Waals surface area (Å²) in [5.74, 6) is -0.261. The summed E-state index contributed by atoms with van der Waals surface area (Å²) in [5.41, 5.74) is 0.515. The maximum atomic E-state index is 13.1. The summed E-state index contributed by atoms with van der Waals surface area (Å²) < 4.78 is 72.9. The predicted octanol–water partition coefficient (Wildman–Crippen LogP) is 3.72. The first-order valence-corrected chi connectivity index (χ1v) is 7.65. The fourth-order valence-corrected chi connectivity index (χ4v) is 3.03. The number of nitrogens with one attached hydrogen (secondary N) is 1. The van der Waals surface area contributed by atoms with Gasteiger partial charge in [-0.15, -0.1) is 21.2 Å². The van der Waals surface area contributed by atoms with E-state index in [0.717, 1.165) is 0 Å². The average Bonchev–Trinajstić information content (AvgIpc) is 2.80. The predicted molar refractivity (Wildman–Crippen MR) is 82.4 cm³/mol. The molecule has 1 saturated heterocycles. The van der Waals surface area contributed by atoms with Gasteiger partial charge in [0.1, 0.15) is 0 Å². The molecule has 3 rings (SSSR count). The first-order chi connectivity index (χ1) is 11.2. The summed E-state index contributed by atoms with van der Waals surface area (Å²) in [5, 5.41) is 3.14. The number of benzene rings is 1. The zero-order chi connectivity index (χ0) is 17.4. The lowest BCUT2D eigenvalue weighted by molar-refractivity contribution is -0.286. The second-order valence-corrected chi connectivity index (χ2v) is 5.83. The van der Waals surface area contributed by atoms with Gasteiger partial charge in [-0.1, -0.05) is 6.07 Å². The van der Waals surface area contributed by atoms with Gasteiger partial charge in [0.25, 0.3) is 0 Å². The van der Waals surface area contributed by atoms with E-state index in [1.165, 1.54) is 18.2 Å². The maximum Gasteiger partial charge on any atom is 0.586 e. The van der Waals surface area contributed by atoms with Crippen LogP contribution < -0.4 is 14.8 Å². The number of ether oxygens (including phenoxy) is 2. The van der Waals surface area contributed by atoms with Gasteiger partial charge in [-0.05, 0) is 24.1 Å². The molecular weight excluding hydrogens is 371 g/mol. The minimum Gasteiger partial charge on any atom is -0.395 e. The molecule has 1 aromatic rings. The number of halogens is 6. The first-order valence-electron chi connectivity index (χ1n) is 7.65. The van der Waals surface area contributed by atoms with Crippen LogP contribution in [-0.2, 0) is 0 Å². The summed E-state index contributed by atoms with van der Waals surface area (Å²) in [7, 11) is 0. The van der Waals surface area contributed by atoms with E-state index in [1.54, 1.807) is 0 Å². The van der Waals surface area contributed by atoms with Crippen LogP contribution in [0.15, 0.2) is 18.2 Å². The molecule has 0 aromatic heterocycles. The summed E-state index contributed by atoms with van der Waals surface area (Å²) >= 11 is 0. The van der Waals surface area contributed by atoms with Crippen LogP contribution in [0.5, 0.6) is 11.5 Å². The van der Waals surface area contributed by atoms with Crippen molar-refractivity contribution in [3.05, 3.63) is 23.8 Å². The first kappa shape index (κ1) is 20.0. The summed E-state index contributed by atoms with van der Waals surface area (Å²) in [4.78, 5) is 1.93. The molecule has 0 radical (unpaired) electrons. The summed E-state index contributed by atoms with van der Waals surface area (Å²) in [6.45, 7) is 2.52. The highest BCUT2D eigenvalue weighted by Crippen LogP contribution is 2.43. The molecule has 0 unspecified atom stereocenters. The van der Waals surface area contributed by atoms with E-state index in [4.69, 9.17) is 0 Å². The fraction of sp³-hybridized carbons (Fsp3) is 0.600. The Hall–Kier alpha value is -1.32. The summed E-state index contributed by atoms with van der Waals surface area (Å²) in [6, 6.07) is 3.66. The Bertz CT molecular complexity index is 594. The minimum atomic E-state index is -4.27. The highest BCUT2D eigenvalue weighted by atomic mass is 35.5. The van der Waals surface area contributed by atoms with E-state index in [2.05, 4.69) is 14.8 Å². The second-order valence-electron chi connectivity index (χ2n) is 5.83. The van der Waals surface area contributed by atoms with E-state index < -0.39 is 24.9 Å². The van der Waals surface area contributed by atoms with Gasteiger partial charge >= 0.3 is 12.5 Å². The molecule has 4 nitrogen and oxygen atoms in total. The van der Waals surface area contributed by atoms with Gasteiger partial charge in [-0.3, -0.25) is 4.90 Å². The number of hydrogen-bond acceptors (Lipinski definition) is 4. The van der Waals surface area contributed by atoms with Crippen LogP contribution in [0.2, 0.25) is 0 Å². The Kier molecular flexibility index (Phi) is 6.01. The van der Waals surface area contributed by atoms with Crippen LogP contribution in [-0.4, -0.2) is 43.5 Å².